The van der Waals surface area contributed by atoms with Crippen LogP contribution in [-0.2, 0) is 12.7 Å². The predicted molar refractivity (Wildman–Crippen MR) is 112 cm³/mol. The third-order valence-corrected chi connectivity index (χ3v) is 5.93. The summed E-state index contributed by atoms with van der Waals surface area (Å²) in [7, 11) is 0. The highest BCUT2D eigenvalue weighted by atomic mass is 127. The Morgan fingerprint density at radius 1 is 1.07 bits per heavy atom. The molecule has 0 bridgehead atoms. The van der Waals surface area contributed by atoms with Crippen LogP contribution >= 0.6 is 22.6 Å². The summed E-state index contributed by atoms with van der Waals surface area (Å²) in [6, 6.07) is 4.07. The lowest BCUT2D eigenvalue weighted by Gasteiger charge is -2.12. The van der Waals surface area contributed by atoms with E-state index in [0.29, 0.717) is 11.5 Å². The third kappa shape index (κ3) is 3.88. The zero-order valence-corrected chi connectivity index (χ0v) is 17.5. The molecule has 7 heteroatoms. The summed E-state index contributed by atoms with van der Waals surface area (Å²) >= 11 is 2.37. The van der Waals surface area contributed by atoms with Gasteiger partial charge in [0.2, 0.25) is 5.56 Å². The zero-order chi connectivity index (χ0) is 19.8. The second-order valence-corrected chi connectivity index (χ2v) is 7.97. The molecule has 3 nitrogen and oxygen atoms in total. The number of hydrogen-bond donors (Lipinski definition) is 1. The van der Waals surface area contributed by atoms with E-state index in [-0.39, 0.29) is 10.9 Å². The van der Waals surface area contributed by atoms with Crippen LogP contribution in [0.2, 0.25) is 0 Å². The number of fused-ring (bicyclic) bond motifs is 3. The molecule has 0 aliphatic carbocycles. The summed E-state index contributed by atoms with van der Waals surface area (Å²) in [5.41, 5.74) is 1.23. The number of nitrogens with one attached hydrogen (secondary N) is 1. The van der Waals surface area contributed by atoms with Gasteiger partial charge < -0.3 is 9.55 Å². The minimum Gasteiger partial charge on any atom is -0.345 e. The van der Waals surface area contributed by atoms with Crippen molar-refractivity contribution in [1.82, 2.24) is 9.55 Å². The number of pyridine rings is 1. The molecule has 0 spiro atoms. The van der Waals surface area contributed by atoms with Crippen molar-refractivity contribution in [2.45, 2.75) is 52.3 Å². The Bertz CT molecular complexity index is 1030. The van der Waals surface area contributed by atoms with Gasteiger partial charge in [0, 0.05) is 40.1 Å². The number of aromatic nitrogens is 2. The second-order valence-electron chi connectivity index (χ2n) is 6.89. The van der Waals surface area contributed by atoms with E-state index in [1.54, 1.807) is 6.07 Å². The normalized spacial score (nSPS) is 12.4. The lowest BCUT2D eigenvalue weighted by molar-refractivity contribution is -0.136. The summed E-state index contributed by atoms with van der Waals surface area (Å²) in [5, 5.41) is 0.671. The Balaban J connectivity index is 2.18. The second kappa shape index (κ2) is 7.85. The highest BCUT2D eigenvalue weighted by Gasteiger charge is 2.34. The molecule has 146 valence electrons. The van der Waals surface area contributed by atoms with Crippen LogP contribution in [0.1, 0.15) is 42.5 Å². The molecule has 0 saturated heterocycles. The Labute approximate surface area is 169 Å². The molecule has 27 heavy (non-hydrogen) atoms. The molecule has 0 unspecified atom stereocenters. The maximum absolute atomic E-state index is 13.6. The van der Waals surface area contributed by atoms with E-state index >= 15 is 0 Å². The topological polar surface area (TPSA) is 37.8 Å². The molecule has 2 heterocycles. The van der Waals surface area contributed by atoms with Gasteiger partial charge in [-0.25, -0.2) is 0 Å². The minimum atomic E-state index is -4.58. The first-order chi connectivity index (χ1) is 12.8. The van der Waals surface area contributed by atoms with Gasteiger partial charge in [-0.15, -0.1) is 0 Å². The smallest absolute Gasteiger partial charge is 0.345 e. The molecule has 0 saturated carbocycles. The van der Waals surface area contributed by atoms with Crippen LogP contribution < -0.4 is 5.56 Å². The fourth-order valence-electron chi connectivity index (χ4n) is 3.75. The monoisotopic (exact) mass is 490 g/mol. The summed E-state index contributed by atoms with van der Waals surface area (Å²) in [6.07, 6.45) is -0.116. The van der Waals surface area contributed by atoms with Crippen LogP contribution in [0.4, 0.5) is 13.2 Å². The number of unbranched alkanes of at least 4 members (excludes halogenated alkanes) is 3. The van der Waals surface area contributed by atoms with Gasteiger partial charge in [-0.2, -0.15) is 13.2 Å². The van der Waals surface area contributed by atoms with Crippen LogP contribution in [0.5, 0.6) is 0 Å². The Morgan fingerprint density at radius 2 is 1.78 bits per heavy atom. The SMILES string of the molecule is Cc1c(C)n(CCCCCCI)c2ccc3[nH]c(=O)cc(C(F)(F)F)c3c12. The summed E-state index contributed by atoms with van der Waals surface area (Å²) in [5.74, 6) is 0. The van der Waals surface area contributed by atoms with Crippen molar-refractivity contribution in [2.75, 3.05) is 4.43 Å². The molecule has 0 amide bonds. The van der Waals surface area contributed by atoms with Crippen LogP contribution in [0.25, 0.3) is 21.8 Å². The fraction of sp³-hybridized carbons (Fsp3) is 0.450. The van der Waals surface area contributed by atoms with Crippen molar-refractivity contribution >= 4 is 44.4 Å². The van der Waals surface area contributed by atoms with E-state index in [2.05, 4.69) is 32.1 Å². The number of rotatable bonds is 6. The number of nitrogens with zero attached hydrogens (tertiary/aromatic N) is 1. The van der Waals surface area contributed by atoms with E-state index in [9.17, 15) is 18.0 Å². The van der Waals surface area contributed by atoms with Gasteiger partial charge in [0.15, 0.2) is 0 Å². The number of H-pyrrole nitrogens is 1. The number of aryl methyl sites for hydroxylation is 2. The first kappa shape index (κ1) is 20.2. The van der Waals surface area contributed by atoms with Crippen LogP contribution in [0, 0.1) is 13.8 Å². The lowest BCUT2D eigenvalue weighted by Crippen LogP contribution is -2.14. The first-order valence-corrected chi connectivity index (χ1v) is 10.6. The van der Waals surface area contributed by atoms with Crippen molar-refractivity contribution in [3.8, 4) is 0 Å². The van der Waals surface area contributed by atoms with Gasteiger partial charge in [0.25, 0.3) is 0 Å². The van der Waals surface area contributed by atoms with Crippen molar-refractivity contribution in [3.05, 3.63) is 45.4 Å². The molecule has 0 aliphatic heterocycles. The largest absolute Gasteiger partial charge is 0.417 e. The maximum Gasteiger partial charge on any atom is 0.417 e. The maximum atomic E-state index is 13.6. The van der Waals surface area contributed by atoms with Crippen LogP contribution in [-0.4, -0.2) is 14.0 Å². The average molecular weight is 490 g/mol. The van der Waals surface area contributed by atoms with Crippen LogP contribution in [0.15, 0.2) is 23.0 Å². The van der Waals surface area contributed by atoms with Crippen molar-refractivity contribution in [2.24, 2.45) is 0 Å². The number of hydrogen-bond acceptors (Lipinski definition) is 1. The van der Waals surface area contributed by atoms with Crippen molar-refractivity contribution < 1.29 is 13.2 Å². The highest BCUT2D eigenvalue weighted by Crippen LogP contribution is 2.39. The lowest BCUT2D eigenvalue weighted by atomic mass is 10.0. The van der Waals surface area contributed by atoms with E-state index in [4.69, 9.17) is 0 Å². The predicted octanol–water partition coefficient (Wildman–Crippen LogP) is 6.11. The standard InChI is InChI=1S/C20H22F3IN2O/c1-12-13(2)26(10-6-4-3-5-9-24)16-8-7-15-19(18(12)16)14(20(21,22)23)11-17(27)25-15/h7-8,11H,3-6,9-10H2,1-2H3,(H,25,27). The number of aromatic amines is 1. The molecule has 3 aromatic rings. The zero-order valence-electron chi connectivity index (χ0n) is 15.3. The molecular formula is C20H22F3IN2O. The van der Waals surface area contributed by atoms with Gasteiger partial charge in [-0.05, 0) is 48.8 Å². The Morgan fingerprint density at radius 3 is 2.44 bits per heavy atom. The molecule has 1 N–H and O–H groups in total. The summed E-state index contributed by atoms with van der Waals surface area (Å²) in [4.78, 5) is 14.3. The Kier molecular flexibility index (Phi) is 5.88. The number of halogens is 4. The molecule has 0 fully saturated rings. The quantitative estimate of drug-likeness (QED) is 0.253. The fourth-order valence-corrected chi connectivity index (χ4v) is 4.29. The van der Waals surface area contributed by atoms with E-state index in [1.807, 2.05) is 19.9 Å². The van der Waals surface area contributed by atoms with Gasteiger partial charge in [0.05, 0.1) is 5.56 Å². The molecule has 0 radical (unpaired) electrons. The molecule has 0 aliphatic rings. The third-order valence-electron chi connectivity index (χ3n) is 5.17. The molecule has 2 aromatic heterocycles. The van der Waals surface area contributed by atoms with Crippen molar-refractivity contribution in [3.63, 3.8) is 0 Å². The van der Waals surface area contributed by atoms with Gasteiger partial charge >= 0.3 is 6.18 Å². The van der Waals surface area contributed by atoms with E-state index < -0.39 is 17.3 Å². The van der Waals surface area contributed by atoms with Gasteiger partial charge in [-0.1, -0.05) is 35.4 Å². The summed E-state index contributed by atoms with van der Waals surface area (Å²) in [6.45, 7) is 4.59. The van der Waals surface area contributed by atoms with Crippen molar-refractivity contribution in [1.29, 1.82) is 0 Å². The van der Waals surface area contributed by atoms with E-state index in [1.165, 1.54) is 12.8 Å². The molecular weight excluding hydrogens is 468 g/mol. The summed E-state index contributed by atoms with van der Waals surface area (Å²) < 4.78 is 44.1. The van der Waals surface area contributed by atoms with Gasteiger partial charge in [0.1, 0.15) is 0 Å². The molecule has 0 atom stereocenters. The highest BCUT2D eigenvalue weighted by molar-refractivity contribution is 14.1. The van der Waals surface area contributed by atoms with Gasteiger partial charge in [-0.3, -0.25) is 4.79 Å². The first-order valence-electron chi connectivity index (χ1n) is 9.04. The molecule has 1 aromatic carbocycles. The number of alkyl halides is 4. The van der Waals surface area contributed by atoms with Crippen LogP contribution in [0.3, 0.4) is 0 Å². The minimum absolute atomic E-state index is 0.0869. The molecule has 3 rings (SSSR count). The average Bonchev–Trinajstić information content (AvgIpc) is 2.84. The van der Waals surface area contributed by atoms with E-state index in [0.717, 1.165) is 40.6 Å². The number of benzene rings is 1. The Hall–Kier alpha value is -1.51.